The molecule has 11 rings (SSSR count). The van der Waals surface area contributed by atoms with Crippen molar-refractivity contribution in [3.8, 4) is 16.8 Å². The minimum Gasteiger partial charge on any atom is -0.456 e. The van der Waals surface area contributed by atoms with Crippen LogP contribution in [0.4, 0.5) is 17.1 Å². The summed E-state index contributed by atoms with van der Waals surface area (Å²) >= 11 is 1.86. The van der Waals surface area contributed by atoms with E-state index in [0.717, 1.165) is 44.7 Å². The Hall–Kier alpha value is -6.62. The maximum atomic E-state index is 6.40. The van der Waals surface area contributed by atoms with Crippen LogP contribution in [-0.2, 0) is 0 Å². The lowest BCUT2D eigenvalue weighted by Gasteiger charge is -2.26. The summed E-state index contributed by atoms with van der Waals surface area (Å²) in [4.78, 5) is 2.35. The number of anilines is 3. The molecule has 0 spiro atoms. The van der Waals surface area contributed by atoms with Crippen LogP contribution in [-0.4, -0.2) is 4.57 Å². The van der Waals surface area contributed by atoms with E-state index < -0.39 is 0 Å². The third kappa shape index (κ3) is 4.51. The van der Waals surface area contributed by atoms with Gasteiger partial charge >= 0.3 is 0 Å². The minimum absolute atomic E-state index is 0.874. The summed E-state index contributed by atoms with van der Waals surface area (Å²) < 4.78 is 11.4. The van der Waals surface area contributed by atoms with E-state index in [4.69, 9.17) is 4.42 Å². The number of furan rings is 1. The first kappa shape index (κ1) is 29.1. The van der Waals surface area contributed by atoms with Crippen molar-refractivity contribution in [1.82, 2.24) is 4.57 Å². The van der Waals surface area contributed by atoms with Crippen LogP contribution < -0.4 is 4.90 Å². The SMILES string of the molecule is c1ccc(-n2c3ccccc3c3cc(N(c4ccc(-c5ccc6c(c5)sc5ccccc56)cc4)c4ccc5c(c4)oc4ccccc45)ccc32)cc1. The third-order valence-corrected chi connectivity index (χ3v) is 11.5. The number of rotatable bonds is 5. The molecule has 11 aromatic rings. The van der Waals surface area contributed by atoms with E-state index in [9.17, 15) is 0 Å². The first-order valence-corrected chi connectivity index (χ1v) is 18.4. The van der Waals surface area contributed by atoms with Crippen LogP contribution in [0, 0.1) is 0 Å². The van der Waals surface area contributed by atoms with Gasteiger partial charge in [0.2, 0.25) is 0 Å². The first-order chi connectivity index (χ1) is 25.8. The fraction of sp³-hybridized carbons (Fsp3) is 0. The van der Waals surface area contributed by atoms with Crippen LogP contribution in [0.1, 0.15) is 0 Å². The van der Waals surface area contributed by atoms with Crippen LogP contribution in [0.25, 0.3) is 80.7 Å². The van der Waals surface area contributed by atoms with Gasteiger partial charge in [-0.25, -0.2) is 0 Å². The summed E-state index contributed by atoms with van der Waals surface area (Å²) in [6, 6.07) is 65.5. The number of benzene rings is 8. The Morgan fingerprint density at radius 3 is 1.88 bits per heavy atom. The molecule has 0 unspecified atom stereocenters. The quantitative estimate of drug-likeness (QED) is 0.180. The highest BCUT2D eigenvalue weighted by Gasteiger charge is 2.19. The zero-order chi connectivity index (χ0) is 34.2. The molecule has 0 radical (unpaired) electrons. The average molecular weight is 683 g/mol. The van der Waals surface area contributed by atoms with Gasteiger partial charge in [0.1, 0.15) is 11.2 Å². The van der Waals surface area contributed by atoms with E-state index in [2.05, 4.69) is 179 Å². The fourth-order valence-electron chi connectivity index (χ4n) is 7.96. The molecule has 0 saturated carbocycles. The van der Waals surface area contributed by atoms with E-state index in [0.29, 0.717) is 0 Å². The third-order valence-electron chi connectivity index (χ3n) is 10.4. The molecule has 0 aliphatic heterocycles. The van der Waals surface area contributed by atoms with Crippen LogP contribution in [0.15, 0.2) is 186 Å². The number of thiophene rings is 1. The van der Waals surface area contributed by atoms with Crippen molar-refractivity contribution in [2.75, 3.05) is 4.90 Å². The van der Waals surface area contributed by atoms with Gasteiger partial charge in [-0.1, -0.05) is 97.1 Å². The second-order valence-corrected chi connectivity index (χ2v) is 14.4. The van der Waals surface area contributed by atoms with Crippen LogP contribution in [0.5, 0.6) is 0 Å². The fourth-order valence-corrected chi connectivity index (χ4v) is 9.11. The normalized spacial score (nSPS) is 11.8. The lowest BCUT2D eigenvalue weighted by atomic mass is 10.0. The Morgan fingerprint density at radius 1 is 0.385 bits per heavy atom. The molecule has 3 aromatic heterocycles. The molecule has 0 aliphatic carbocycles. The van der Waals surface area contributed by atoms with E-state index in [-0.39, 0.29) is 0 Å². The van der Waals surface area contributed by atoms with Crippen molar-refractivity contribution < 1.29 is 4.42 Å². The molecule has 8 aromatic carbocycles. The van der Waals surface area contributed by atoms with E-state index in [1.807, 2.05) is 23.5 Å². The van der Waals surface area contributed by atoms with E-state index in [1.54, 1.807) is 0 Å². The Morgan fingerprint density at radius 2 is 1.00 bits per heavy atom. The molecular formula is C48H30N2OS. The Bertz CT molecular complexity index is 3130. The van der Waals surface area contributed by atoms with Crippen LogP contribution in [0.2, 0.25) is 0 Å². The van der Waals surface area contributed by atoms with Gasteiger partial charge in [-0.05, 0) is 90.0 Å². The van der Waals surface area contributed by atoms with Gasteiger partial charge in [0.25, 0.3) is 0 Å². The van der Waals surface area contributed by atoms with Crippen molar-refractivity contribution in [2.24, 2.45) is 0 Å². The Balaban J connectivity index is 1.08. The smallest absolute Gasteiger partial charge is 0.137 e. The largest absolute Gasteiger partial charge is 0.456 e. The summed E-state index contributed by atoms with van der Waals surface area (Å²) in [5.74, 6) is 0. The van der Waals surface area contributed by atoms with E-state index in [1.165, 1.54) is 53.1 Å². The molecule has 0 atom stereocenters. The Labute approximate surface area is 303 Å². The van der Waals surface area contributed by atoms with Crippen molar-refractivity contribution in [3.63, 3.8) is 0 Å². The molecule has 244 valence electrons. The number of para-hydroxylation sites is 3. The summed E-state index contributed by atoms with van der Waals surface area (Å²) in [5, 5.41) is 7.32. The van der Waals surface area contributed by atoms with Gasteiger partial charge in [-0.3, -0.25) is 0 Å². The lowest BCUT2D eigenvalue weighted by Crippen LogP contribution is -2.09. The summed E-state index contributed by atoms with van der Waals surface area (Å²) in [7, 11) is 0. The second kappa shape index (κ2) is 11.5. The molecular weight excluding hydrogens is 653 g/mol. The highest BCUT2D eigenvalue weighted by Crippen LogP contribution is 2.43. The van der Waals surface area contributed by atoms with Crippen molar-refractivity contribution in [3.05, 3.63) is 182 Å². The molecule has 0 N–H and O–H groups in total. The van der Waals surface area contributed by atoms with Gasteiger partial charge in [0.05, 0.1) is 11.0 Å². The average Bonchev–Trinajstić information content (AvgIpc) is 3.87. The highest BCUT2D eigenvalue weighted by molar-refractivity contribution is 7.25. The van der Waals surface area contributed by atoms with Crippen molar-refractivity contribution in [2.45, 2.75) is 0 Å². The second-order valence-electron chi connectivity index (χ2n) is 13.4. The van der Waals surface area contributed by atoms with Gasteiger partial charge in [-0.2, -0.15) is 0 Å². The number of nitrogens with zero attached hydrogens (tertiary/aromatic N) is 2. The van der Waals surface area contributed by atoms with Gasteiger partial charge in [0.15, 0.2) is 0 Å². The van der Waals surface area contributed by atoms with Crippen molar-refractivity contribution in [1.29, 1.82) is 0 Å². The molecule has 3 nitrogen and oxygen atoms in total. The predicted octanol–water partition coefficient (Wildman–Crippen LogP) is 14.2. The molecule has 3 heterocycles. The maximum Gasteiger partial charge on any atom is 0.137 e. The lowest BCUT2D eigenvalue weighted by molar-refractivity contribution is 0.669. The number of aromatic nitrogens is 1. The number of hydrogen-bond donors (Lipinski definition) is 0. The molecule has 4 heteroatoms. The number of fused-ring (bicyclic) bond motifs is 9. The van der Waals surface area contributed by atoms with Crippen LogP contribution in [0.3, 0.4) is 0 Å². The maximum absolute atomic E-state index is 6.40. The number of hydrogen-bond acceptors (Lipinski definition) is 3. The zero-order valence-corrected chi connectivity index (χ0v) is 28.8. The van der Waals surface area contributed by atoms with Crippen LogP contribution >= 0.6 is 11.3 Å². The topological polar surface area (TPSA) is 21.3 Å². The molecule has 0 fully saturated rings. The standard InChI is InChI=1S/C48H30N2OS/c1-2-10-33(11-3-1)50-43-15-7-4-12-37(43)42-29-35(24-27-44(42)50)49(36-23-26-39-38-13-5-8-16-45(38)51-46(39)30-36)34-21-18-31(19-22-34)32-20-25-41-40-14-6-9-17-47(40)52-48(41)28-32/h1-30H. The summed E-state index contributed by atoms with van der Waals surface area (Å²) in [5.41, 5.74) is 10.9. The highest BCUT2D eigenvalue weighted by atomic mass is 32.1. The van der Waals surface area contributed by atoms with Gasteiger partial charge in [-0.15, -0.1) is 11.3 Å². The zero-order valence-electron chi connectivity index (χ0n) is 28.0. The molecule has 0 amide bonds. The van der Waals surface area contributed by atoms with Gasteiger partial charge < -0.3 is 13.9 Å². The molecule has 0 bridgehead atoms. The Kier molecular flexibility index (Phi) is 6.42. The predicted molar refractivity (Wildman–Crippen MR) is 221 cm³/mol. The minimum atomic E-state index is 0.874. The summed E-state index contributed by atoms with van der Waals surface area (Å²) in [6.45, 7) is 0. The molecule has 0 saturated heterocycles. The van der Waals surface area contributed by atoms with Gasteiger partial charge in [0, 0.05) is 70.5 Å². The summed E-state index contributed by atoms with van der Waals surface area (Å²) in [6.07, 6.45) is 0. The van der Waals surface area contributed by atoms with E-state index >= 15 is 0 Å². The molecule has 0 aliphatic rings. The monoisotopic (exact) mass is 682 g/mol. The first-order valence-electron chi connectivity index (χ1n) is 17.6. The molecule has 52 heavy (non-hydrogen) atoms. The van der Waals surface area contributed by atoms with Crippen molar-refractivity contribution >= 4 is 92.3 Å².